The first kappa shape index (κ1) is 24.8. The number of pyridine rings is 2. The van der Waals surface area contributed by atoms with Crippen molar-refractivity contribution in [2.75, 3.05) is 13.2 Å². The van der Waals surface area contributed by atoms with Crippen molar-refractivity contribution in [3.8, 4) is 5.75 Å². The first-order chi connectivity index (χ1) is 17.7. The SMILES string of the molecule is Cc1nc2c(OCc3c(F)cccc3F)cccn2c1C(=O)NC1(c2cccnc2)COC(C)(C)OC1. The molecule has 1 fully saturated rings. The summed E-state index contributed by atoms with van der Waals surface area (Å²) in [5.74, 6) is -2.32. The number of hydrogen-bond acceptors (Lipinski definition) is 6. The minimum absolute atomic E-state index is 0.176. The summed E-state index contributed by atoms with van der Waals surface area (Å²) < 4.78 is 47.3. The lowest BCUT2D eigenvalue weighted by Crippen LogP contribution is -2.58. The third kappa shape index (κ3) is 4.77. The molecule has 1 N–H and O–H groups in total. The summed E-state index contributed by atoms with van der Waals surface area (Å²) in [6.45, 7) is 5.35. The van der Waals surface area contributed by atoms with E-state index in [0.717, 1.165) is 5.56 Å². The fourth-order valence-electron chi connectivity index (χ4n) is 4.27. The number of benzene rings is 1. The van der Waals surface area contributed by atoms with Crippen LogP contribution in [0.3, 0.4) is 0 Å². The molecule has 1 amide bonds. The van der Waals surface area contributed by atoms with Crippen molar-refractivity contribution < 1.29 is 27.8 Å². The van der Waals surface area contributed by atoms with Gasteiger partial charge in [0, 0.05) is 24.2 Å². The third-order valence-corrected chi connectivity index (χ3v) is 6.34. The first-order valence-electron chi connectivity index (χ1n) is 11.7. The number of amides is 1. The van der Waals surface area contributed by atoms with E-state index in [-0.39, 0.29) is 36.8 Å². The van der Waals surface area contributed by atoms with Gasteiger partial charge in [0.1, 0.15) is 29.5 Å². The quantitative estimate of drug-likeness (QED) is 0.418. The molecule has 1 aliphatic rings. The Bertz CT molecular complexity index is 1430. The van der Waals surface area contributed by atoms with Crippen molar-refractivity contribution in [2.45, 2.75) is 38.7 Å². The molecule has 3 aromatic heterocycles. The number of aromatic nitrogens is 3. The van der Waals surface area contributed by atoms with Crippen LogP contribution in [0.1, 0.15) is 41.2 Å². The summed E-state index contributed by atoms with van der Waals surface area (Å²) in [5.41, 5.74) is 0.643. The molecule has 4 heterocycles. The van der Waals surface area contributed by atoms with Gasteiger partial charge in [-0.25, -0.2) is 13.8 Å². The molecular formula is C27H26F2N4O4. The van der Waals surface area contributed by atoms with Gasteiger partial charge in [-0.3, -0.25) is 14.2 Å². The molecule has 0 bridgehead atoms. The highest BCUT2D eigenvalue weighted by Crippen LogP contribution is 2.32. The van der Waals surface area contributed by atoms with Crippen LogP contribution in [0.15, 0.2) is 61.1 Å². The number of hydrogen-bond donors (Lipinski definition) is 1. The second-order valence-corrected chi connectivity index (χ2v) is 9.36. The molecule has 37 heavy (non-hydrogen) atoms. The van der Waals surface area contributed by atoms with E-state index < -0.39 is 28.9 Å². The highest BCUT2D eigenvalue weighted by Gasteiger charge is 2.43. The van der Waals surface area contributed by atoms with Crippen LogP contribution in [0, 0.1) is 18.6 Å². The Labute approximate surface area is 212 Å². The van der Waals surface area contributed by atoms with Crippen molar-refractivity contribution in [1.29, 1.82) is 0 Å². The molecule has 192 valence electrons. The fraction of sp³-hybridized carbons (Fsp3) is 0.296. The summed E-state index contributed by atoms with van der Waals surface area (Å²) in [4.78, 5) is 22.4. The second kappa shape index (κ2) is 9.53. The van der Waals surface area contributed by atoms with E-state index in [1.54, 1.807) is 48.1 Å². The summed E-state index contributed by atoms with van der Waals surface area (Å²) >= 11 is 0. The summed E-state index contributed by atoms with van der Waals surface area (Å²) in [6, 6.07) is 10.6. The lowest BCUT2D eigenvalue weighted by atomic mass is 9.91. The molecule has 0 spiro atoms. The molecule has 0 radical (unpaired) electrons. The van der Waals surface area contributed by atoms with E-state index in [4.69, 9.17) is 14.2 Å². The van der Waals surface area contributed by atoms with Gasteiger partial charge in [0.2, 0.25) is 0 Å². The molecular weight excluding hydrogens is 482 g/mol. The lowest BCUT2D eigenvalue weighted by molar-refractivity contribution is -0.272. The highest BCUT2D eigenvalue weighted by molar-refractivity contribution is 5.95. The zero-order chi connectivity index (χ0) is 26.2. The van der Waals surface area contributed by atoms with E-state index >= 15 is 0 Å². The minimum Gasteiger partial charge on any atom is -0.485 e. The van der Waals surface area contributed by atoms with Crippen LogP contribution in [-0.2, 0) is 21.6 Å². The maximum Gasteiger partial charge on any atom is 0.271 e. The van der Waals surface area contributed by atoms with E-state index in [2.05, 4.69) is 15.3 Å². The van der Waals surface area contributed by atoms with E-state index in [9.17, 15) is 13.6 Å². The van der Waals surface area contributed by atoms with Crippen LogP contribution < -0.4 is 10.1 Å². The van der Waals surface area contributed by atoms with Gasteiger partial charge < -0.3 is 19.5 Å². The van der Waals surface area contributed by atoms with Crippen LogP contribution in [-0.4, -0.2) is 39.3 Å². The van der Waals surface area contributed by atoms with Gasteiger partial charge in [0.15, 0.2) is 17.2 Å². The number of carbonyl (C=O) groups is 1. The van der Waals surface area contributed by atoms with Gasteiger partial charge >= 0.3 is 0 Å². The lowest BCUT2D eigenvalue weighted by Gasteiger charge is -2.43. The van der Waals surface area contributed by atoms with Crippen molar-refractivity contribution in [3.63, 3.8) is 0 Å². The van der Waals surface area contributed by atoms with Crippen molar-refractivity contribution in [3.05, 3.63) is 95.2 Å². The van der Waals surface area contributed by atoms with Crippen LogP contribution in [0.5, 0.6) is 5.75 Å². The molecule has 0 saturated carbocycles. The largest absolute Gasteiger partial charge is 0.485 e. The zero-order valence-corrected chi connectivity index (χ0v) is 20.6. The number of fused-ring (bicyclic) bond motifs is 1. The number of rotatable bonds is 6. The Balaban J connectivity index is 1.46. The van der Waals surface area contributed by atoms with Crippen molar-refractivity contribution in [1.82, 2.24) is 19.7 Å². The van der Waals surface area contributed by atoms with E-state index in [0.29, 0.717) is 11.3 Å². The predicted octanol–water partition coefficient (Wildman–Crippen LogP) is 4.30. The number of nitrogens with zero attached hydrogens (tertiary/aromatic N) is 3. The molecule has 8 nitrogen and oxygen atoms in total. The molecule has 0 unspecified atom stereocenters. The van der Waals surface area contributed by atoms with Crippen LogP contribution in [0.4, 0.5) is 8.78 Å². The fourth-order valence-corrected chi connectivity index (χ4v) is 4.27. The average Bonchev–Trinajstić information content (AvgIpc) is 3.22. The van der Waals surface area contributed by atoms with Gasteiger partial charge in [0.05, 0.1) is 24.5 Å². The molecule has 10 heteroatoms. The van der Waals surface area contributed by atoms with Crippen molar-refractivity contribution in [2.24, 2.45) is 0 Å². The molecule has 0 aliphatic carbocycles. The second-order valence-electron chi connectivity index (χ2n) is 9.36. The van der Waals surface area contributed by atoms with Gasteiger partial charge in [0.25, 0.3) is 5.91 Å². The smallest absolute Gasteiger partial charge is 0.271 e. The molecule has 4 aromatic rings. The molecule has 1 aliphatic heterocycles. The topological polar surface area (TPSA) is 87.0 Å². The van der Waals surface area contributed by atoms with Gasteiger partial charge in [-0.1, -0.05) is 12.1 Å². The summed E-state index contributed by atoms with van der Waals surface area (Å²) in [7, 11) is 0. The van der Waals surface area contributed by atoms with E-state index in [1.807, 2.05) is 19.9 Å². The van der Waals surface area contributed by atoms with Crippen LogP contribution in [0.25, 0.3) is 5.65 Å². The Kier molecular flexibility index (Phi) is 6.38. The maximum atomic E-state index is 14.1. The zero-order valence-electron chi connectivity index (χ0n) is 20.6. The maximum absolute atomic E-state index is 14.1. The Morgan fingerprint density at radius 3 is 2.51 bits per heavy atom. The minimum atomic E-state index is -0.978. The Hall–Kier alpha value is -3.89. The number of halogens is 2. The van der Waals surface area contributed by atoms with Crippen LogP contribution >= 0.6 is 0 Å². The van der Waals surface area contributed by atoms with Gasteiger partial charge in [-0.05, 0) is 51.1 Å². The van der Waals surface area contributed by atoms with Crippen molar-refractivity contribution >= 4 is 11.6 Å². The first-order valence-corrected chi connectivity index (χ1v) is 11.7. The third-order valence-electron chi connectivity index (χ3n) is 6.34. The molecule has 0 atom stereocenters. The summed E-state index contributed by atoms with van der Waals surface area (Å²) in [6.07, 6.45) is 4.99. The summed E-state index contributed by atoms with van der Waals surface area (Å²) in [5, 5.41) is 3.08. The molecule has 5 rings (SSSR count). The number of aryl methyl sites for hydroxylation is 1. The highest BCUT2D eigenvalue weighted by atomic mass is 19.1. The monoisotopic (exact) mass is 508 g/mol. The Morgan fingerprint density at radius 1 is 1.11 bits per heavy atom. The normalized spacial score (nSPS) is 16.5. The number of imidazole rings is 1. The number of nitrogens with one attached hydrogen (secondary N) is 1. The van der Waals surface area contributed by atoms with Gasteiger partial charge in [-0.15, -0.1) is 0 Å². The number of ether oxygens (including phenoxy) is 3. The Morgan fingerprint density at radius 2 is 1.84 bits per heavy atom. The molecule has 1 saturated heterocycles. The van der Waals surface area contributed by atoms with Crippen LogP contribution in [0.2, 0.25) is 0 Å². The average molecular weight is 509 g/mol. The van der Waals surface area contributed by atoms with E-state index in [1.165, 1.54) is 18.2 Å². The number of carbonyl (C=O) groups excluding carboxylic acids is 1. The molecule has 1 aromatic carbocycles. The standard InChI is InChI=1S/C27H26F2N4O4/c1-17-23(25(34)32-27(18-7-5-11-30-13-18)15-36-26(2,3)37-16-27)33-12-6-10-22(24(33)31-17)35-14-19-20(28)8-4-9-21(19)29/h4-13H,14-16H2,1-3H3,(H,32,34). The predicted molar refractivity (Wildman–Crippen MR) is 130 cm³/mol. The van der Waals surface area contributed by atoms with Gasteiger partial charge in [-0.2, -0.15) is 0 Å².